The van der Waals surface area contributed by atoms with Crippen molar-refractivity contribution in [2.75, 3.05) is 5.32 Å². The highest BCUT2D eigenvalue weighted by atomic mass is 32.1. The van der Waals surface area contributed by atoms with Gasteiger partial charge in [0.15, 0.2) is 0 Å². The molecule has 5 nitrogen and oxygen atoms in total. The number of aromatic nitrogens is 1. The van der Waals surface area contributed by atoms with E-state index >= 15 is 0 Å². The van der Waals surface area contributed by atoms with Gasteiger partial charge in [-0.15, -0.1) is 11.3 Å². The number of nitrogens with zero attached hydrogens (tertiary/aromatic N) is 1. The van der Waals surface area contributed by atoms with Gasteiger partial charge in [-0.2, -0.15) is 0 Å². The molecule has 2 N–H and O–H groups in total. The third-order valence-electron chi connectivity index (χ3n) is 2.50. The lowest BCUT2D eigenvalue weighted by Crippen LogP contribution is -2.12. The summed E-state index contributed by atoms with van der Waals surface area (Å²) >= 11 is 1.36. The Morgan fingerprint density at radius 1 is 1.26 bits per heavy atom. The van der Waals surface area contributed by atoms with E-state index in [0.29, 0.717) is 17.8 Å². The molecule has 1 aromatic heterocycles. The van der Waals surface area contributed by atoms with Gasteiger partial charge in [0.25, 0.3) is 5.91 Å². The van der Waals surface area contributed by atoms with Gasteiger partial charge in [0.1, 0.15) is 5.69 Å². The molecule has 1 amide bonds. The van der Waals surface area contributed by atoms with Crippen LogP contribution in [0.25, 0.3) is 0 Å². The lowest BCUT2D eigenvalue weighted by molar-refractivity contribution is -0.136. The number of anilines is 1. The van der Waals surface area contributed by atoms with Crippen molar-refractivity contribution in [3.05, 3.63) is 46.4 Å². The summed E-state index contributed by atoms with van der Waals surface area (Å²) in [6.45, 7) is 0. The molecule has 1 aromatic carbocycles. The number of aryl methyl sites for hydroxylation is 1. The van der Waals surface area contributed by atoms with Crippen molar-refractivity contribution in [1.29, 1.82) is 0 Å². The van der Waals surface area contributed by atoms with Crippen LogP contribution in [0.4, 0.5) is 5.69 Å². The molecule has 0 radical (unpaired) electrons. The third kappa shape index (κ3) is 3.89. The first kappa shape index (κ1) is 13.2. The molecular formula is C13H12N2O3S. The molecule has 0 saturated heterocycles. The summed E-state index contributed by atoms with van der Waals surface area (Å²) in [4.78, 5) is 26.1. The van der Waals surface area contributed by atoms with Crippen molar-refractivity contribution in [3.63, 3.8) is 0 Å². The van der Waals surface area contributed by atoms with E-state index in [1.807, 2.05) is 0 Å². The Kier molecular flexibility index (Phi) is 4.25. The van der Waals surface area contributed by atoms with Crippen LogP contribution in [-0.2, 0) is 11.2 Å². The van der Waals surface area contributed by atoms with Gasteiger partial charge in [-0.3, -0.25) is 9.59 Å². The van der Waals surface area contributed by atoms with E-state index in [2.05, 4.69) is 10.3 Å². The fourth-order valence-electron chi connectivity index (χ4n) is 1.53. The van der Waals surface area contributed by atoms with Crippen LogP contribution < -0.4 is 5.32 Å². The van der Waals surface area contributed by atoms with Gasteiger partial charge in [0, 0.05) is 17.5 Å². The first-order valence-electron chi connectivity index (χ1n) is 5.65. The molecule has 0 atom stereocenters. The number of carbonyl (C=O) groups is 2. The fraction of sp³-hybridized carbons (Fsp3) is 0.154. The van der Waals surface area contributed by atoms with Crippen LogP contribution in [0.1, 0.15) is 22.5 Å². The van der Waals surface area contributed by atoms with Crippen LogP contribution in [0.2, 0.25) is 0 Å². The first-order valence-corrected chi connectivity index (χ1v) is 6.60. The first-order chi connectivity index (χ1) is 9.15. The number of hydrogen-bond acceptors (Lipinski definition) is 4. The van der Waals surface area contributed by atoms with Crippen molar-refractivity contribution < 1.29 is 14.7 Å². The van der Waals surface area contributed by atoms with E-state index in [-0.39, 0.29) is 12.3 Å². The van der Waals surface area contributed by atoms with E-state index in [0.717, 1.165) is 5.56 Å². The van der Waals surface area contributed by atoms with Crippen LogP contribution in [0.5, 0.6) is 0 Å². The summed E-state index contributed by atoms with van der Waals surface area (Å²) < 4.78 is 0. The van der Waals surface area contributed by atoms with Crippen molar-refractivity contribution >= 4 is 28.9 Å². The van der Waals surface area contributed by atoms with Gasteiger partial charge >= 0.3 is 5.97 Å². The smallest absolute Gasteiger partial charge is 0.303 e. The Labute approximate surface area is 113 Å². The molecule has 6 heteroatoms. The maximum absolute atomic E-state index is 11.7. The Bertz CT molecular complexity index is 564. The monoisotopic (exact) mass is 276 g/mol. The zero-order chi connectivity index (χ0) is 13.7. The summed E-state index contributed by atoms with van der Waals surface area (Å²) in [5.74, 6) is -1.07. The van der Waals surface area contributed by atoms with E-state index in [1.54, 1.807) is 35.2 Å². The minimum absolute atomic E-state index is 0.102. The molecular weight excluding hydrogens is 264 g/mol. The molecule has 2 aromatic rings. The molecule has 1 heterocycles. The Balaban J connectivity index is 1.95. The normalized spacial score (nSPS) is 10.1. The highest BCUT2D eigenvalue weighted by Crippen LogP contribution is 2.12. The molecule has 98 valence electrons. The second-order valence-corrected chi connectivity index (χ2v) is 4.64. The number of amides is 1. The maximum atomic E-state index is 11.7. The molecule has 2 rings (SSSR count). The molecule has 0 bridgehead atoms. The predicted molar refractivity (Wildman–Crippen MR) is 72.5 cm³/mol. The molecule has 0 aliphatic rings. The van der Waals surface area contributed by atoms with Crippen LogP contribution in [0.3, 0.4) is 0 Å². The standard InChI is InChI=1S/C13H12N2O3S/c16-12(17)6-3-9-1-4-10(5-2-9)15-13(18)11-7-19-8-14-11/h1-2,4-5,7-8H,3,6H2,(H,15,18)(H,16,17). The van der Waals surface area contributed by atoms with E-state index in [4.69, 9.17) is 5.11 Å². The predicted octanol–water partition coefficient (Wildman–Crippen LogP) is 2.41. The van der Waals surface area contributed by atoms with Crippen LogP contribution >= 0.6 is 11.3 Å². The zero-order valence-corrected chi connectivity index (χ0v) is 10.8. The largest absolute Gasteiger partial charge is 0.481 e. The number of carboxylic acid groups (broad SMARTS) is 1. The Hall–Kier alpha value is -2.21. The Morgan fingerprint density at radius 3 is 2.58 bits per heavy atom. The average Bonchev–Trinajstić information content (AvgIpc) is 2.92. The quantitative estimate of drug-likeness (QED) is 0.879. The number of carboxylic acids is 1. The number of nitrogens with one attached hydrogen (secondary N) is 1. The molecule has 19 heavy (non-hydrogen) atoms. The lowest BCUT2D eigenvalue weighted by atomic mass is 10.1. The molecule has 0 aliphatic heterocycles. The molecule has 0 aliphatic carbocycles. The summed E-state index contributed by atoms with van der Waals surface area (Å²) in [6.07, 6.45) is 0.584. The number of benzene rings is 1. The summed E-state index contributed by atoms with van der Waals surface area (Å²) in [7, 11) is 0. The highest BCUT2D eigenvalue weighted by Gasteiger charge is 2.07. The van der Waals surface area contributed by atoms with Crippen LogP contribution in [-0.4, -0.2) is 22.0 Å². The fourth-order valence-corrected chi connectivity index (χ4v) is 2.06. The average molecular weight is 276 g/mol. The summed E-state index contributed by atoms with van der Waals surface area (Å²) in [6, 6.07) is 7.11. The molecule has 0 saturated carbocycles. The number of hydrogen-bond donors (Lipinski definition) is 2. The maximum Gasteiger partial charge on any atom is 0.303 e. The third-order valence-corrected chi connectivity index (χ3v) is 3.09. The zero-order valence-electron chi connectivity index (χ0n) is 10.00. The number of aliphatic carboxylic acids is 1. The summed E-state index contributed by atoms with van der Waals surface area (Å²) in [5, 5.41) is 13.0. The van der Waals surface area contributed by atoms with Gasteiger partial charge in [-0.25, -0.2) is 4.98 Å². The van der Waals surface area contributed by atoms with Crippen molar-refractivity contribution in [3.8, 4) is 0 Å². The summed E-state index contributed by atoms with van der Waals surface area (Å²) in [5.41, 5.74) is 3.58. The van der Waals surface area contributed by atoms with E-state index < -0.39 is 5.97 Å². The van der Waals surface area contributed by atoms with Gasteiger partial charge in [0.2, 0.25) is 0 Å². The van der Waals surface area contributed by atoms with Gasteiger partial charge in [0.05, 0.1) is 5.51 Å². The molecule has 0 unspecified atom stereocenters. The van der Waals surface area contributed by atoms with Gasteiger partial charge < -0.3 is 10.4 Å². The van der Waals surface area contributed by atoms with E-state index in [1.165, 1.54) is 11.3 Å². The highest BCUT2D eigenvalue weighted by molar-refractivity contribution is 7.07. The minimum Gasteiger partial charge on any atom is -0.481 e. The van der Waals surface area contributed by atoms with Crippen LogP contribution in [0, 0.1) is 0 Å². The second-order valence-electron chi connectivity index (χ2n) is 3.92. The van der Waals surface area contributed by atoms with Gasteiger partial charge in [-0.1, -0.05) is 12.1 Å². The SMILES string of the molecule is O=C(O)CCc1ccc(NC(=O)c2cscn2)cc1. The van der Waals surface area contributed by atoms with Gasteiger partial charge in [-0.05, 0) is 24.1 Å². The lowest BCUT2D eigenvalue weighted by Gasteiger charge is -2.04. The van der Waals surface area contributed by atoms with Crippen molar-refractivity contribution in [2.45, 2.75) is 12.8 Å². The molecule has 0 spiro atoms. The second kappa shape index (κ2) is 6.10. The Morgan fingerprint density at radius 2 is 2.00 bits per heavy atom. The number of rotatable bonds is 5. The van der Waals surface area contributed by atoms with E-state index in [9.17, 15) is 9.59 Å². The number of carbonyl (C=O) groups excluding carboxylic acids is 1. The minimum atomic E-state index is -0.819. The number of thiazole rings is 1. The molecule has 0 fully saturated rings. The van der Waals surface area contributed by atoms with Crippen LogP contribution in [0.15, 0.2) is 35.2 Å². The topological polar surface area (TPSA) is 79.3 Å². The van der Waals surface area contributed by atoms with Crippen molar-refractivity contribution in [1.82, 2.24) is 4.98 Å². The van der Waals surface area contributed by atoms with Crippen molar-refractivity contribution in [2.24, 2.45) is 0 Å².